The van der Waals surface area contributed by atoms with E-state index in [2.05, 4.69) is 52.8 Å². The molecule has 1 fully saturated rings. The van der Waals surface area contributed by atoms with Crippen LogP contribution in [0.25, 0.3) is 0 Å². The van der Waals surface area contributed by atoms with Crippen molar-refractivity contribution in [1.29, 1.82) is 0 Å². The smallest absolute Gasteiger partial charge is 0.0726 e. The average Bonchev–Trinajstić information content (AvgIpc) is 2.95. The first-order valence-electron chi connectivity index (χ1n) is 7.78. The van der Waals surface area contributed by atoms with E-state index in [4.69, 9.17) is 0 Å². The molecular weight excluding hydrogens is 260 g/mol. The molecule has 2 heterocycles. The number of benzene rings is 1. The van der Waals surface area contributed by atoms with Gasteiger partial charge in [-0.15, -0.1) is 0 Å². The summed E-state index contributed by atoms with van der Waals surface area (Å²) in [6, 6.07) is 10.4. The molecule has 0 radical (unpaired) electrons. The third-order valence-corrected chi connectivity index (χ3v) is 4.25. The van der Waals surface area contributed by atoms with Gasteiger partial charge in [-0.3, -0.25) is 4.68 Å². The second-order valence-corrected chi connectivity index (χ2v) is 6.04. The molecule has 0 unspecified atom stereocenters. The number of likely N-dealkylation sites (tertiary alicyclic amines) is 1. The molecule has 0 saturated carbocycles. The average molecular weight is 284 g/mol. The molecule has 112 valence electrons. The van der Waals surface area contributed by atoms with Gasteiger partial charge in [-0.1, -0.05) is 30.3 Å². The Bertz CT molecular complexity index is 541. The molecule has 1 aliphatic heterocycles. The number of piperidine rings is 1. The van der Waals surface area contributed by atoms with E-state index in [0.717, 1.165) is 24.7 Å². The fraction of sp³-hybridized carbons (Fsp3) is 0.471. The van der Waals surface area contributed by atoms with Crippen LogP contribution in [-0.4, -0.2) is 41.4 Å². The minimum Gasteiger partial charge on any atom is -0.382 e. The van der Waals surface area contributed by atoms with Crippen molar-refractivity contribution >= 4 is 5.69 Å². The molecule has 21 heavy (non-hydrogen) atoms. The second kappa shape index (κ2) is 6.76. The van der Waals surface area contributed by atoms with Crippen LogP contribution in [0.2, 0.25) is 0 Å². The Morgan fingerprint density at radius 1 is 1.19 bits per heavy atom. The summed E-state index contributed by atoms with van der Waals surface area (Å²) in [4.78, 5) is 2.41. The molecule has 3 rings (SSSR count). The highest BCUT2D eigenvalue weighted by atomic mass is 15.3. The van der Waals surface area contributed by atoms with E-state index in [0.29, 0.717) is 0 Å². The lowest BCUT2D eigenvalue weighted by Crippen LogP contribution is -2.32. The summed E-state index contributed by atoms with van der Waals surface area (Å²) in [6.07, 6.45) is 6.61. The summed E-state index contributed by atoms with van der Waals surface area (Å²) < 4.78 is 1.99. The van der Waals surface area contributed by atoms with Gasteiger partial charge in [0.05, 0.1) is 18.4 Å². The summed E-state index contributed by atoms with van der Waals surface area (Å²) in [5, 5.41) is 7.97. The quantitative estimate of drug-likeness (QED) is 0.916. The molecule has 0 spiro atoms. The van der Waals surface area contributed by atoms with Gasteiger partial charge in [0.1, 0.15) is 0 Å². The molecule has 0 atom stereocenters. The van der Waals surface area contributed by atoms with Crippen molar-refractivity contribution in [2.75, 3.05) is 32.0 Å². The molecule has 0 bridgehead atoms. The van der Waals surface area contributed by atoms with E-state index >= 15 is 0 Å². The largest absolute Gasteiger partial charge is 0.382 e. The third kappa shape index (κ3) is 4.08. The van der Waals surface area contributed by atoms with E-state index in [1.54, 1.807) is 0 Å². The fourth-order valence-corrected chi connectivity index (χ4v) is 2.84. The van der Waals surface area contributed by atoms with Gasteiger partial charge < -0.3 is 10.2 Å². The van der Waals surface area contributed by atoms with Gasteiger partial charge in [0, 0.05) is 12.7 Å². The zero-order chi connectivity index (χ0) is 14.5. The van der Waals surface area contributed by atoms with E-state index < -0.39 is 0 Å². The van der Waals surface area contributed by atoms with Crippen molar-refractivity contribution < 1.29 is 0 Å². The lowest BCUT2D eigenvalue weighted by Gasteiger charge is -2.29. The first-order chi connectivity index (χ1) is 10.3. The van der Waals surface area contributed by atoms with Crippen LogP contribution in [-0.2, 0) is 6.54 Å². The topological polar surface area (TPSA) is 33.1 Å². The predicted molar refractivity (Wildman–Crippen MR) is 86.5 cm³/mol. The van der Waals surface area contributed by atoms with Crippen molar-refractivity contribution in [3.8, 4) is 0 Å². The third-order valence-electron chi connectivity index (χ3n) is 4.25. The highest BCUT2D eigenvalue weighted by Crippen LogP contribution is 2.17. The second-order valence-electron chi connectivity index (χ2n) is 6.04. The normalized spacial score (nSPS) is 17.0. The Morgan fingerprint density at radius 2 is 1.95 bits per heavy atom. The molecule has 1 N–H and O–H groups in total. The number of nitrogens with zero attached hydrogens (tertiary/aromatic N) is 3. The maximum absolute atomic E-state index is 4.43. The molecule has 1 aromatic carbocycles. The molecule has 4 heteroatoms. The minimum atomic E-state index is 0.790. The van der Waals surface area contributed by atoms with Crippen LogP contribution in [0.15, 0.2) is 42.7 Å². The maximum atomic E-state index is 4.43. The summed E-state index contributed by atoms with van der Waals surface area (Å²) in [6.45, 7) is 4.33. The lowest BCUT2D eigenvalue weighted by atomic mass is 9.97. The van der Waals surface area contributed by atoms with Crippen molar-refractivity contribution in [3.63, 3.8) is 0 Å². The zero-order valence-electron chi connectivity index (χ0n) is 12.7. The van der Waals surface area contributed by atoms with E-state index in [1.165, 1.54) is 31.5 Å². The Balaban J connectivity index is 1.49. The van der Waals surface area contributed by atoms with Gasteiger partial charge >= 0.3 is 0 Å². The predicted octanol–water partition coefficient (Wildman–Crippen LogP) is 2.69. The molecule has 1 saturated heterocycles. The molecular formula is C17H24N4. The number of rotatable bonds is 5. The summed E-state index contributed by atoms with van der Waals surface area (Å²) >= 11 is 0. The van der Waals surface area contributed by atoms with Crippen molar-refractivity contribution in [3.05, 3.63) is 48.3 Å². The zero-order valence-corrected chi connectivity index (χ0v) is 12.7. The first kappa shape index (κ1) is 14.1. The Hall–Kier alpha value is -1.81. The van der Waals surface area contributed by atoms with Gasteiger partial charge in [-0.2, -0.15) is 5.10 Å². The van der Waals surface area contributed by atoms with Crippen LogP contribution < -0.4 is 5.32 Å². The Kier molecular flexibility index (Phi) is 4.55. The summed E-state index contributed by atoms with van der Waals surface area (Å²) in [5.74, 6) is 0.790. The summed E-state index contributed by atoms with van der Waals surface area (Å²) in [7, 11) is 2.21. The molecule has 0 amide bonds. The van der Waals surface area contributed by atoms with E-state index in [9.17, 15) is 0 Å². The fourth-order valence-electron chi connectivity index (χ4n) is 2.84. The van der Waals surface area contributed by atoms with Crippen LogP contribution >= 0.6 is 0 Å². The van der Waals surface area contributed by atoms with Gasteiger partial charge in [-0.05, 0) is 44.5 Å². The first-order valence-corrected chi connectivity index (χ1v) is 7.78. The molecule has 1 aromatic heterocycles. The number of nitrogens with one attached hydrogen (secondary N) is 1. The number of aromatic nitrogens is 2. The van der Waals surface area contributed by atoms with Crippen molar-refractivity contribution in [1.82, 2.24) is 14.7 Å². The highest BCUT2D eigenvalue weighted by Gasteiger charge is 2.16. The standard InChI is InChI=1S/C17H24N4/c1-20-9-7-15(8-10-20)11-18-17-12-19-21(14-17)13-16-5-3-2-4-6-16/h2-6,12,14-15,18H,7-11,13H2,1H3. The van der Waals surface area contributed by atoms with Crippen LogP contribution in [0.5, 0.6) is 0 Å². The molecule has 1 aliphatic rings. The molecule has 0 aliphatic carbocycles. The van der Waals surface area contributed by atoms with Crippen molar-refractivity contribution in [2.24, 2.45) is 5.92 Å². The minimum absolute atomic E-state index is 0.790. The highest BCUT2D eigenvalue weighted by molar-refractivity contribution is 5.38. The maximum Gasteiger partial charge on any atom is 0.0726 e. The number of anilines is 1. The van der Waals surface area contributed by atoms with E-state index in [-0.39, 0.29) is 0 Å². The number of hydrogen-bond donors (Lipinski definition) is 1. The molecule has 4 nitrogen and oxygen atoms in total. The van der Waals surface area contributed by atoms with Crippen molar-refractivity contribution in [2.45, 2.75) is 19.4 Å². The van der Waals surface area contributed by atoms with Crippen LogP contribution in [0.3, 0.4) is 0 Å². The summed E-state index contributed by atoms with van der Waals surface area (Å²) in [5.41, 5.74) is 2.41. The SMILES string of the molecule is CN1CCC(CNc2cnn(Cc3ccccc3)c2)CC1. The monoisotopic (exact) mass is 284 g/mol. The lowest BCUT2D eigenvalue weighted by molar-refractivity contribution is 0.226. The van der Waals surface area contributed by atoms with Crippen LogP contribution in [0.1, 0.15) is 18.4 Å². The van der Waals surface area contributed by atoms with E-state index in [1.807, 2.05) is 16.9 Å². The Morgan fingerprint density at radius 3 is 2.71 bits per heavy atom. The Labute approximate surface area is 126 Å². The number of hydrogen-bond acceptors (Lipinski definition) is 3. The van der Waals surface area contributed by atoms with Gasteiger partial charge in [-0.25, -0.2) is 0 Å². The van der Waals surface area contributed by atoms with Gasteiger partial charge in [0.2, 0.25) is 0 Å². The van der Waals surface area contributed by atoms with Crippen LogP contribution in [0.4, 0.5) is 5.69 Å². The van der Waals surface area contributed by atoms with Gasteiger partial charge in [0.15, 0.2) is 0 Å². The van der Waals surface area contributed by atoms with Crippen LogP contribution in [0, 0.1) is 5.92 Å². The van der Waals surface area contributed by atoms with Gasteiger partial charge in [0.25, 0.3) is 0 Å². The molecule has 2 aromatic rings.